The van der Waals surface area contributed by atoms with Crippen LogP contribution in [0.1, 0.15) is 28.4 Å². The summed E-state index contributed by atoms with van der Waals surface area (Å²) in [6.45, 7) is 1.87. The molecular weight excluding hydrogens is 420 g/mol. The number of carbonyl (C=O) groups excluding carboxylic acids is 1. The second-order valence-electron chi connectivity index (χ2n) is 5.95. The molecule has 0 heterocycles. The van der Waals surface area contributed by atoms with Gasteiger partial charge in [-0.1, -0.05) is 58.4 Å². The van der Waals surface area contributed by atoms with Gasteiger partial charge in [0.25, 0.3) is 5.91 Å². The molecule has 0 aliphatic carbocycles. The topological polar surface area (TPSA) is 41.5 Å². The lowest BCUT2D eigenvalue weighted by Crippen LogP contribution is -2.19. The number of hydrogen-bond donors (Lipinski definition) is 1. The number of nitrogens with zero attached hydrogens (tertiary/aromatic N) is 1. The molecule has 0 aliphatic heterocycles. The minimum atomic E-state index is -0.216. The number of thioether (sulfide) groups is 1. The molecule has 0 saturated heterocycles. The first-order valence-electron chi connectivity index (χ1n) is 8.49. The zero-order chi connectivity index (χ0) is 19.1. The summed E-state index contributed by atoms with van der Waals surface area (Å²) < 4.78 is 0.977. The highest BCUT2D eigenvalue weighted by atomic mass is 79.9. The Labute approximate surface area is 172 Å². The van der Waals surface area contributed by atoms with E-state index in [4.69, 9.17) is 0 Å². The lowest BCUT2D eigenvalue weighted by atomic mass is 10.1. The number of benzene rings is 3. The molecule has 0 bridgehead atoms. The smallest absolute Gasteiger partial charge is 0.267 e. The molecule has 1 N–H and O–H groups in total. The predicted molar refractivity (Wildman–Crippen MR) is 116 cm³/mol. The van der Waals surface area contributed by atoms with Crippen LogP contribution in [0.5, 0.6) is 0 Å². The van der Waals surface area contributed by atoms with Gasteiger partial charge in [0.15, 0.2) is 0 Å². The summed E-state index contributed by atoms with van der Waals surface area (Å²) in [5, 5.41) is 4.20. The average Bonchev–Trinajstić information content (AvgIpc) is 2.71. The molecule has 0 fully saturated rings. The van der Waals surface area contributed by atoms with Crippen LogP contribution >= 0.6 is 27.7 Å². The van der Waals surface area contributed by atoms with E-state index < -0.39 is 0 Å². The second-order valence-corrected chi connectivity index (χ2v) is 7.91. The lowest BCUT2D eigenvalue weighted by Gasteiger charge is -2.05. The summed E-state index contributed by atoms with van der Waals surface area (Å²) in [6, 6.07) is 25.7. The summed E-state index contributed by atoms with van der Waals surface area (Å²) in [6.07, 6.45) is 0. The van der Waals surface area contributed by atoms with Crippen LogP contribution in [0.25, 0.3) is 0 Å². The van der Waals surface area contributed by atoms with Crippen molar-refractivity contribution in [3.05, 3.63) is 100 Å². The van der Waals surface area contributed by atoms with E-state index in [0.717, 1.165) is 21.5 Å². The number of halogens is 1. The molecule has 0 saturated carbocycles. The van der Waals surface area contributed by atoms with Gasteiger partial charge in [0.05, 0.1) is 5.71 Å². The Kier molecular flexibility index (Phi) is 6.85. The van der Waals surface area contributed by atoms with Crippen LogP contribution in [0, 0.1) is 0 Å². The monoisotopic (exact) mass is 438 g/mol. The molecule has 0 unspecified atom stereocenters. The number of hydrogen-bond acceptors (Lipinski definition) is 3. The van der Waals surface area contributed by atoms with Gasteiger partial charge in [0.2, 0.25) is 0 Å². The Morgan fingerprint density at radius 3 is 2.41 bits per heavy atom. The van der Waals surface area contributed by atoms with Gasteiger partial charge in [0.1, 0.15) is 0 Å². The highest BCUT2D eigenvalue weighted by Crippen LogP contribution is 2.22. The Balaban J connectivity index is 1.58. The van der Waals surface area contributed by atoms with Crippen molar-refractivity contribution >= 4 is 39.3 Å². The Morgan fingerprint density at radius 1 is 0.963 bits per heavy atom. The molecule has 5 heteroatoms. The van der Waals surface area contributed by atoms with Crippen LogP contribution < -0.4 is 5.43 Å². The van der Waals surface area contributed by atoms with E-state index in [1.165, 1.54) is 10.5 Å². The molecule has 0 radical (unpaired) electrons. The van der Waals surface area contributed by atoms with E-state index in [9.17, 15) is 4.79 Å². The maximum Gasteiger partial charge on any atom is 0.271 e. The van der Waals surface area contributed by atoms with Crippen molar-refractivity contribution in [2.24, 2.45) is 5.10 Å². The van der Waals surface area contributed by atoms with Crippen molar-refractivity contribution in [2.75, 3.05) is 0 Å². The standard InChI is InChI=1S/C22H19BrN2OS/c1-16(19-6-5-7-20(23)14-19)24-25-22(26)18-12-10-17(11-13-18)15-27-21-8-3-2-4-9-21/h2-14H,15H2,1H3,(H,25,26)/b24-16-. The quantitative estimate of drug-likeness (QED) is 0.295. The number of nitrogens with one attached hydrogen (secondary N) is 1. The fraction of sp³-hybridized carbons (Fsp3) is 0.0909. The van der Waals surface area contributed by atoms with Crippen LogP contribution in [0.4, 0.5) is 0 Å². The van der Waals surface area contributed by atoms with E-state index >= 15 is 0 Å². The van der Waals surface area contributed by atoms with Gasteiger partial charge in [-0.2, -0.15) is 5.10 Å². The SMILES string of the molecule is C/C(=N/NC(=O)c1ccc(CSc2ccccc2)cc1)c1cccc(Br)c1. The molecule has 3 nitrogen and oxygen atoms in total. The number of rotatable bonds is 6. The van der Waals surface area contributed by atoms with Gasteiger partial charge >= 0.3 is 0 Å². The fourth-order valence-electron chi connectivity index (χ4n) is 2.41. The molecule has 3 aromatic rings. The van der Waals surface area contributed by atoms with Crippen LogP contribution in [0.2, 0.25) is 0 Å². The van der Waals surface area contributed by atoms with Gasteiger partial charge < -0.3 is 0 Å². The zero-order valence-electron chi connectivity index (χ0n) is 14.9. The van der Waals surface area contributed by atoms with E-state index in [1.807, 2.05) is 73.7 Å². The van der Waals surface area contributed by atoms with Gasteiger partial charge in [0, 0.05) is 20.7 Å². The number of amides is 1. The zero-order valence-corrected chi connectivity index (χ0v) is 17.3. The summed E-state index contributed by atoms with van der Waals surface area (Å²) in [7, 11) is 0. The Morgan fingerprint density at radius 2 is 1.70 bits per heavy atom. The highest BCUT2D eigenvalue weighted by molar-refractivity contribution is 9.10. The minimum absolute atomic E-state index is 0.216. The summed E-state index contributed by atoms with van der Waals surface area (Å²) in [4.78, 5) is 13.5. The first-order chi connectivity index (χ1) is 13.1. The van der Waals surface area contributed by atoms with E-state index in [-0.39, 0.29) is 5.91 Å². The van der Waals surface area contributed by atoms with Crippen molar-refractivity contribution in [1.29, 1.82) is 0 Å². The Hall–Kier alpha value is -2.37. The molecule has 1 amide bonds. The van der Waals surface area contributed by atoms with Crippen LogP contribution in [0.3, 0.4) is 0 Å². The first kappa shape index (κ1) is 19.4. The third kappa shape index (κ3) is 5.81. The number of hydrazone groups is 1. The molecular formula is C22H19BrN2OS. The van der Waals surface area contributed by atoms with Gasteiger partial charge in [-0.05, 0) is 54.4 Å². The second kappa shape index (κ2) is 9.53. The van der Waals surface area contributed by atoms with Crippen molar-refractivity contribution < 1.29 is 4.79 Å². The summed E-state index contributed by atoms with van der Waals surface area (Å²) in [5.74, 6) is 0.651. The van der Waals surface area contributed by atoms with Crippen molar-refractivity contribution in [3.8, 4) is 0 Å². The first-order valence-corrected chi connectivity index (χ1v) is 10.3. The summed E-state index contributed by atoms with van der Waals surface area (Å²) in [5.41, 5.74) is 6.10. The van der Waals surface area contributed by atoms with Gasteiger partial charge in [-0.25, -0.2) is 5.43 Å². The number of carbonyl (C=O) groups is 1. The fourth-order valence-corrected chi connectivity index (χ4v) is 3.69. The average molecular weight is 439 g/mol. The van der Waals surface area contributed by atoms with Gasteiger partial charge in [-0.15, -0.1) is 11.8 Å². The Bertz CT molecular complexity index is 940. The molecule has 27 heavy (non-hydrogen) atoms. The summed E-state index contributed by atoms with van der Waals surface area (Å²) >= 11 is 5.21. The van der Waals surface area contributed by atoms with E-state index in [0.29, 0.717) is 5.56 Å². The van der Waals surface area contributed by atoms with Crippen molar-refractivity contribution in [2.45, 2.75) is 17.6 Å². The van der Waals surface area contributed by atoms with Crippen LogP contribution in [-0.4, -0.2) is 11.6 Å². The highest BCUT2D eigenvalue weighted by Gasteiger charge is 2.06. The van der Waals surface area contributed by atoms with Crippen molar-refractivity contribution in [3.63, 3.8) is 0 Å². The normalized spacial score (nSPS) is 11.3. The molecule has 0 atom stereocenters. The minimum Gasteiger partial charge on any atom is -0.267 e. The maximum absolute atomic E-state index is 12.3. The molecule has 136 valence electrons. The largest absolute Gasteiger partial charge is 0.271 e. The predicted octanol–water partition coefficient (Wildman–Crippen LogP) is 5.90. The molecule has 3 rings (SSSR count). The van der Waals surface area contributed by atoms with Crippen LogP contribution in [0.15, 0.2) is 93.3 Å². The third-order valence-corrected chi connectivity index (χ3v) is 5.51. The maximum atomic E-state index is 12.3. The van der Waals surface area contributed by atoms with Crippen molar-refractivity contribution in [1.82, 2.24) is 5.43 Å². The van der Waals surface area contributed by atoms with Crippen LogP contribution in [-0.2, 0) is 5.75 Å². The lowest BCUT2D eigenvalue weighted by molar-refractivity contribution is 0.0955. The third-order valence-electron chi connectivity index (χ3n) is 3.93. The van der Waals surface area contributed by atoms with E-state index in [1.54, 1.807) is 11.8 Å². The molecule has 0 aliphatic rings. The molecule has 0 aromatic heterocycles. The van der Waals surface area contributed by atoms with Gasteiger partial charge in [-0.3, -0.25) is 4.79 Å². The molecule has 3 aromatic carbocycles. The van der Waals surface area contributed by atoms with E-state index in [2.05, 4.69) is 38.6 Å². The molecule has 0 spiro atoms.